The van der Waals surface area contributed by atoms with E-state index in [1.165, 1.54) is 0 Å². The van der Waals surface area contributed by atoms with Gasteiger partial charge in [0.1, 0.15) is 17.5 Å². The Hall–Kier alpha value is -1.32. The van der Waals surface area contributed by atoms with Crippen molar-refractivity contribution in [3.63, 3.8) is 0 Å². The first-order valence-corrected chi connectivity index (χ1v) is 6.29. The van der Waals surface area contributed by atoms with Gasteiger partial charge in [0.25, 0.3) is 0 Å². The number of hydrogen-bond acceptors (Lipinski definition) is 4. The molecule has 1 rings (SSSR count). The van der Waals surface area contributed by atoms with Crippen LogP contribution in [-0.2, 0) is 0 Å². The van der Waals surface area contributed by atoms with E-state index in [0.29, 0.717) is 17.7 Å². The van der Waals surface area contributed by atoms with Gasteiger partial charge in [0.2, 0.25) is 0 Å². The van der Waals surface area contributed by atoms with Crippen molar-refractivity contribution in [1.29, 1.82) is 0 Å². The molecule has 0 aliphatic rings. The summed E-state index contributed by atoms with van der Waals surface area (Å²) in [5.41, 5.74) is 6.84. The van der Waals surface area contributed by atoms with Crippen molar-refractivity contribution in [2.24, 2.45) is 5.92 Å². The van der Waals surface area contributed by atoms with E-state index < -0.39 is 0 Å². The van der Waals surface area contributed by atoms with Gasteiger partial charge in [0.15, 0.2) is 0 Å². The number of hydrogen-bond donors (Lipinski definition) is 2. The molecule has 0 unspecified atom stereocenters. The zero-order chi connectivity index (χ0) is 13.0. The minimum absolute atomic E-state index is 0.295. The average molecular weight is 236 g/mol. The van der Waals surface area contributed by atoms with Crippen molar-refractivity contribution >= 4 is 11.6 Å². The summed E-state index contributed by atoms with van der Waals surface area (Å²) >= 11 is 0. The fourth-order valence-electron chi connectivity index (χ4n) is 1.46. The quantitative estimate of drug-likeness (QED) is 0.825. The van der Waals surface area contributed by atoms with Gasteiger partial charge in [0, 0.05) is 18.0 Å². The van der Waals surface area contributed by atoms with Crippen molar-refractivity contribution in [2.45, 2.75) is 47.0 Å². The molecule has 0 aliphatic heterocycles. The third kappa shape index (κ3) is 3.88. The number of nitrogens with zero attached hydrogens (tertiary/aromatic N) is 2. The lowest BCUT2D eigenvalue weighted by atomic mass is 10.1. The molecule has 0 atom stereocenters. The number of aromatic nitrogens is 2. The third-order valence-electron chi connectivity index (χ3n) is 2.73. The summed E-state index contributed by atoms with van der Waals surface area (Å²) in [5, 5.41) is 3.35. The average Bonchev–Trinajstić information content (AvgIpc) is 2.23. The van der Waals surface area contributed by atoms with Crippen LogP contribution in [0, 0.1) is 12.8 Å². The van der Waals surface area contributed by atoms with Gasteiger partial charge in [-0.15, -0.1) is 0 Å². The van der Waals surface area contributed by atoms with Crippen LogP contribution in [0.5, 0.6) is 0 Å². The highest BCUT2D eigenvalue weighted by Gasteiger charge is 2.10. The molecule has 17 heavy (non-hydrogen) atoms. The summed E-state index contributed by atoms with van der Waals surface area (Å²) in [6.07, 6.45) is 1.13. The maximum atomic E-state index is 5.90. The van der Waals surface area contributed by atoms with Crippen LogP contribution in [0.3, 0.4) is 0 Å². The fraction of sp³-hybridized carbons (Fsp3) is 0.692. The molecule has 1 heterocycles. The maximum absolute atomic E-state index is 5.90. The first kappa shape index (κ1) is 13.7. The standard InChI is InChI=1S/C13H24N4/c1-8(2)6-7-15-13-10(5)11(14)16-12(17-13)9(3)4/h8-9H,6-7H2,1-5H3,(H3,14,15,16,17). The van der Waals surface area contributed by atoms with Gasteiger partial charge in [-0.2, -0.15) is 0 Å². The molecule has 0 fully saturated rings. The Morgan fingerprint density at radius 1 is 1.18 bits per heavy atom. The lowest BCUT2D eigenvalue weighted by Crippen LogP contribution is -2.12. The molecule has 0 bridgehead atoms. The first-order valence-electron chi connectivity index (χ1n) is 6.29. The van der Waals surface area contributed by atoms with Crippen LogP contribution in [0.25, 0.3) is 0 Å². The second kappa shape index (κ2) is 5.84. The Morgan fingerprint density at radius 3 is 2.35 bits per heavy atom. The van der Waals surface area contributed by atoms with Crippen LogP contribution in [0.4, 0.5) is 11.6 Å². The number of rotatable bonds is 5. The summed E-state index contributed by atoms with van der Waals surface area (Å²) < 4.78 is 0. The summed E-state index contributed by atoms with van der Waals surface area (Å²) in [4.78, 5) is 8.83. The van der Waals surface area contributed by atoms with Crippen molar-refractivity contribution in [2.75, 3.05) is 17.6 Å². The van der Waals surface area contributed by atoms with E-state index in [9.17, 15) is 0 Å². The van der Waals surface area contributed by atoms with E-state index in [1.54, 1.807) is 0 Å². The second-order valence-corrected chi connectivity index (χ2v) is 5.20. The molecular weight excluding hydrogens is 212 g/mol. The van der Waals surface area contributed by atoms with Gasteiger partial charge in [-0.05, 0) is 19.3 Å². The molecule has 0 aromatic carbocycles. The monoisotopic (exact) mass is 236 g/mol. The van der Waals surface area contributed by atoms with Gasteiger partial charge in [-0.3, -0.25) is 0 Å². The van der Waals surface area contributed by atoms with Crippen LogP contribution in [-0.4, -0.2) is 16.5 Å². The molecule has 3 N–H and O–H groups in total. The molecule has 4 nitrogen and oxygen atoms in total. The molecular formula is C13H24N4. The second-order valence-electron chi connectivity index (χ2n) is 5.20. The SMILES string of the molecule is Cc1c(N)nc(C(C)C)nc1NCCC(C)C. The van der Waals surface area contributed by atoms with Gasteiger partial charge >= 0.3 is 0 Å². The van der Waals surface area contributed by atoms with E-state index in [-0.39, 0.29) is 0 Å². The first-order chi connectivity index (χ1) is 7.91. The molecule has 0 saturated heterocycles. The smallest absolute Gasteiger partial charge is 0.135 e. The van der Waals surface area contributed by atoms with Gasteiger partial charge in [-0.25, -0.2) is 9.97 Å². The Labute approximate surface area is 104 Å². The lowest BCUT2D eigenvalue weighted by molar-refractivity contribution is 0.606. The molecule has 96 valence electrons. The maximum Gasteiger partial charge on any atom is 0.135 e. The molecule has 0 radical (unpaired) electrons. The van der Waals surface area contributed by atoms with E-state index in [0.717, 1.165) is 30.2 Å². The highest BCUT2D eigenvalue weighted by molar-refractivity contribution is 5.54. The van der Waals surface area contributed by atoms with Crippen molar-refractivity contribution < 1.29 is 0 Å². The molecule has 0 spiro atoms. The van der Waals surface area contributed by atoms with Crippen molar-refractivity contribution in [3.05, 3.63) is 11.4 Å². The summed E-state index contributed by atoms with van der Waals surface area (Å²) in [6, 6.07) is 0. The predicted molar refractivity (Wildman–Crippen MR) is 73.2 cm³/mol. The van der Waals surface area contributed by atoms with Crippen LogP contribution >= 0.6 is 0 Å². The minimum atomic E-state index is 0.295. The van der Waals surface area contributed by atoms with Crippen LogP contribution in [0.1, 0.15) is 51.4 Å². The molecule has 1 aromatic heterocycles. The number of nitrogens with one attached hydrogen (secondary N) is 1. The van der Waals surface area contributed by atoms with E-state index in [2.05, 4.69) is 43.0 Å². The van der Waals surface area contributed by atoms with Crippen LogP contribution in [0.2, 0.25) is 0 Å². The zero-order valence-electron chi connectivity index (χ0n) is 11.5. The van der Waals surface area contributed by atoms with E-state index >= 15 is 0 Å². The Morgan fingerprint density at radius 2 is 1.82 bits per heavy atom. The molecule has 0 saturated carbocycles. The molecule has 0 amide bonds. The van der Waals surface area contributed by atoms with Gasteiger partial charge in [-0.1, -0.05) is 27.7 Å². The number of nitrogens with two attached hydrogens (primary N) is 1. The normalized spacial score (nSPS) is 11.2. The molecule has 4 heteroatoms. The Kier molecular flexibility index (Phi) is 4.73. The lowest BCUT2D eigenvalue weighted by Gasteiger charge is -2.14. The fourth-order valence-corrected chi connectivity index (χ4v) is 1.46. The van der Waals surface area contributed by atoms with Gasteiger partial charge in [0.05, 0.1) is 0 Å². The van der Waals surface area contributed by atoms with Crippen LogP contribution in [0.15, 0.2) is 0 Å². The topological polar surface area (TPSA) is 63.8 Å². The Balaban J connectivity index is 2.82. The van der Waals surface area contributed by atoms with Crippen molar-refractivity contribution in [3.8, 4) is 0 Å². The van der Waals surface area contributed by atoms with Crippen molar-refractivity contribution in [1.82, 2.24) is 9.97 Å². The highest BCUT2D eigenvalue weighted by atomic mass is 15.1. The molecule has 1 aromatic rings. The zero-order valence-corrected chi connectivity index (χ0v) is 11.5. The Bertz CT molecular complexity index is 372. The van der Waals surface area contributed by atoms with Crippen LogP contribution < -0.4 is 11.1 Å². The number of nitrogen functional groups attached to an aromatic ring is 1. The van der Waals surface area contributed by atoms with E-state index in [1.807, 2.05) is 6.92 Å². The van der Waals surface area contributed by atoms with E-state index in [4.69, 9.17) is 5.73 Å². The highest BCUT2D eigenvalue weighted by Crippen LogP contribution is 2.20. The molecule has 0 aliphatic carbocycles. The third-order valence-corrected chi connectivity index (χ3v) is 2.73. The largest absolute Gasteiger partial charge is 0.383 e. The minimum Gasteiger partial charge on any atom is -0.383 e. The predicted octanol–water partition coefficient (Wildman–Crippen LogP) is 2.95. The summed E-state index contributed by atoms with van der Waals surface area (Å²) in [7, 11) is 0. The van der Waals surface area contributed by atoms with Gasteiger partial charge < -0.3 is 11.1 Å². The number of anilines is 2. The summed E-state index contributed by atoms with van der Waals surface area (Å²) in [6.45, 7) is 11.4. The summed E-state index contributed by atoms with van der Waals surface area (Å²) in [5.74, 6) is 3.24.